The number of likely N-dealkylation sites (tertiary alicyclic amines) is 1. The molecular weight excluding hydrogens is 266 g/mol. The van der Waals surface area contributed by atoms with Gasteiger partial charge >= 0.3 is 0 Å². The van der Waals surface area contributed by atoms with Crippen LogP contribution in [-0.2, 0) is 9.59 Å². The first-order valence-electron chi connectivity index (χ1n) is 8.12. The van der Waals surface area contributed by atoms with Crippen molar-refractivity contribution >= 4 is 11.8 Å². The van der Waals surface area contributed by atoms with E-state index in [1.54, 1.807) is 0 Å². The van der Waals surface area contributed by atoms with Crippen LogP contribution in [-0.4, -0.2) is 41.4 Å². The third-order valence-corrected chi connectivity index (χ3v) is 4.67. The van der Waals surface area contributed by atoms with E-state index in [0.717, 1.165) is 18.8 Å². The Morgan fingerprint density at radius 1 is 1.33 bits per heavy atom. The maximum atomic E-state index is 12.2. The fourth-order valence-corrected chi connectivity index (χ4v) is 3.27. The van der Waals surface area contributed by atoms with Crippen molar-refractivity contribution in [3.63, 3.8) is 0 Å². The Labute approximate surface area is 127 Å². The highest BCUT2D eigenvalue weighted by Crippen LogP contribution is 2.31. The van der Waals surface area contributed by atoms with Crippen molar-refractivity contribution in [3.05, 3.63) is 0 Å². The number of nitrogens with two attached hydrogens (primary N) is 1. The summed E-state index contributed by atoms with van der Waals surface area (Å²) >= 11 is 0. The Kier molecular flexibility index (Phi) is 4.91. The molecular formula is C16H29N3O2. The first kappa shape index (κ1) is 16.3. The van der Waals surface area contributed by atoms with Gasteiger partial charge in [-0.05, 0) is 45.4 Å². The molecule has 21 heavy (non-hydrogen) atoms. The average Bonchev–Trinajstić information content (AvgIpc) is 2.78. The number of hydrogen-bond acceptors (Lipinski definition) is 3. The van der Waals surface area contributed by atoms with Crippen LogP contribution >= 0.6 is 0 Å². The van der Waals surface area contributed by atoms with Crippen molar-refractivity contribution in [3.8, 4) is 0 Å². The third-order valence-electron chi connectivity index (χ3n) is 4.67. The molecule has 5 heteroatoms. The highest BCUT2D eigenvalue weighted by atomic mass is 16.2. The second-order valence-electron chi connectivity index (χ2n) is 7.57. The topological polar surface area (TPSA) is 75.4 Å². The van der Waals surface area contributed by atoms with E-state index < -0.39 is 5.54 Å². The smallest absolute Gasteiger partial charge is 0.225 e. The SMILES string of the molecule is CC1CCC(N2CC(C(=O)NCC(C)(C)N)CC2=O)CC1. The first-order chi connectivity index (χ1) is 9.76. The average molecular weight is 295 g/mol. The predicted molar refractivity (Wildman–Crippen MR) is 82.5 cm³/mol. The number of nitrogens with zero attached hydrogens (tertiary/aromatic N) is 1. The molecule has 2 rings (SSSR count). The Hall–Kier alpha value is -1.10. The van der Waals surface area contributed by atoms with E-state index in [2.05, 4.69) is 12.2 Å². The molecule has 0 aromatic carbocycles. The Morgan fingerprint density at radius 3 is 2.52 bits per heavy atom. The lowest BCUT2D eigenvalue weighted by Crippen LogP contribution is -2.47. The van der Waals surface area contributed by atoms with Crippen LogP contribution in [0.15, 0.2) is 0 Å². The van der Waals surface area contributed by atoms with Crippen molar-refractivity contribution in [2.24, 2.45) is 17.6 Å². The lowest BCUT2D eigenvalue weighted by atomic mass is 9.87. The zero-order valence-electron chi connectivity index (χ0n) is 13.5. The quantitative estimate of drug-likeness (QED) is 0.820. The molecule has 0 aromatic rings. The molecule has 0 aromatic heterocycles. The standard InChI is InChI=1S/C16H29N3O2/c1-11-4-6-13(7-5-11)19-9-12(8-14(19)20)15(21)18-10-16(2,3)17/h11-13H,4-10,17H2,1-3H3,(H,18,21). The van der Waals surface area contributed by atoms with E-state index >= 15 is 0 Å². The molecule has 1 aliphatic heterocycles. The van der Waals surface area contributed by atoms with Crippen LogP contribution in [0.25, 0.3) is 0 Å². The number of amides is 2. The predicted octanol–water partition coefficient (Wildman–Crippen LogP) is 1.27. The summed E-state index contributed by atoms with van der Waals surface area (Å²) < 4.78 is 0. The zero-order chi connectivity index (χ0) is 15.6. The van der Waals surface area contributed by atoms with Crippen molar-refractivity contribution in [2.45, 2.75) is 64.5 Å². The lowest BCUT2D eigenvalue weighted by Gasteiger charge is -2.33. The molecule has 1 unspecified atom stereocenters. The van der Waals surface area contributed by atoms with Gasteiger partial charge in [-0.25, -0.2) is 0 Å². The molecule has 0 bridgehead atoms. The molecule has 2 fully saturated rings. The van der Waals surface area contributed by atoms with Gasteiger partial charge in [0.15, 0.2) is 0 Å². The van der Waals surface area contributed by atoms with Gasteiger partial charge in [0.1, 0.15) is 0 Å². The Morgan fingerprint density at radius 2 is 1.95 bits per heavy atom. The maximum absolute atomic E-state index is 12.2. The molecule has 1 heterocycles. The molecule has 0 spiro atoms. The van der Waals surface area contributed by atoms with Gasteiger partial charge in [0.2, 0.25) is 11.8 Å². The minimum absolute atomic E-state index is 0.0337. The summed E-state index contributed by atoms with van der Waals surface area (Å²) in [5.41, 5.74) is 5.46. The number of carbonyl (C=O) groups excluding carboxylic acids is 2. The molecule has 5 nitrogen and oxygen atoms in total. The molecule has 2 aliphatic rings. The van der Waals surface area contributed by atoms with Crippen molar-refractivity contribution in [2.75, 3.05) is 13.1 Å². The van der Waals surface area contributed by atoms with Gasteiger partial charge in [-0.15, -0.1) is 0 Å². The third kappa shape index (κ3) is 4.43. The minimum atomic E-state index is -0.419. The normalized spacial score (nSPS) is 30.6. The molecule has 1 saturated heterocycles. The minimum Gasteiger partial charge on any atom is -0.354 e. The first-order valence-corrected chi connectivity index (χ1v) is 8.12. The summed E-state index contributed by atoms with van der Waals surface area (Å²) in [7, 11) is 0. The van der Waals surface area contributed by atoms with Gasteiger partial charge < -0.3 is 16.0 Å². The van der Waals surface area contributed by atoms with Crippen LogP contribution < -0.4 is 11.1 Å². The van der Waals surface area contributed by atoms with Gasteiger partial charge in [0.25, 0.3) is 0 Å². The van der Waals surface area contributed by atoms with E-state index in [9.17, 15) is 9.59 Å². The van der Waals surface area contributed by atoms with Gasteiger partial charge in [0, 0.05) is 31.1 Å². The van der Waals surface area contributed by atoms with Crippen molar-refractivity contribution in [1.29, 1.82) is 0 Å². The van der Waals surface area contributed by atoms with Gasteiger partial charge in [-0.2, -0.15) is 0 Å². The summed E-state index contributed by atoms with van der Waals surface area (Å²) in [5.74, 6) is 0.666. The summed E-state index contributed by atoms with van der Waals surface area (Å²) in [6, 6.07) is 0.345. The zero-order valence-corrected chi connectivity index (χ0v) is 13.5. The van der Waals surface area contributed by atoms with Crippen LogP contribution in [0.5, 0.6) is 0 Å². The Balaban J connectivity index is 1.86. The molecule has 1 saturated carbocycles. The summed E-state index contributed by atoms with van der Waals surface area (Å²) in [6.07, 6.45) is 4.89. The van der Waals surface area contributed by atoms with E-state index in [0.29, 0.717) is 25.6 Å². The molecule has 1 aliphatic carbocycles. The van der Waals surface area contributed by atoms with Crippen molar-refractivity contribution in [1.82, 2.24) is 10.2 Å². The van der Waals surface area contributed by atoms with Crippen molar-refractivity contribution < 1.29 is 9.59 Å². The van der Waals surface area contributed by atoms with Crippen LogP contribution in [0.3, 0.4) is 0 Å². The van der Waals surface area contributed by atoms with E-state index in [1.165, 1.54) is 12.8 Å². The van der Waals surface area contributed by atoms with Crippen LogP contribution in [0.4, 0.5) is 0 Å². The number of nitrogens with one attached hydrogen (secondary N) is 1. The maximum Gasteiger partial charge on any atom is 0.225 e. The van der Waals surface area contributed by atoms with E-state index in [1.807, 2.05) is 18.7 Å². The highest BCUT2D eigenvalue weighted by Gasteiger charge is 2.38. The fraction of sp³-hybridized carbons (Fsp3) is 0.875. The van der Waals surface area contributed by atoms with E-state index in [4.69, 9.17) is 5.73 Å². The van der Waals surface area contributed by atoms with Crippen LogP contribution in [0.1, 0.15) is 52.9 Å². The molecule has 2 amide bonds. The molecule has 1 atom stereocenters. The largest absolute Gasteiger partial charge is 0.354 e. The lowest BCUT2D eigenvalue weighted by molar-refractivity contribution is -0.131. The van der Waals surface area contributed by atoms with Gasteiger partial charge in [-0.3, -0.25) is 9.59 Å². The number of carbonyl (C=O) groups is 2. The van der Waals surface area contributed by atoms with Gasteiger partial charge in [0.05, 0.1) is 5.92 Å². The molecule has 0 radical (unpaired) electrons. The Bertz CT molecular complexity index is 395. The molecule has 3 N–H and O–H groups in total. The summed E-state index contributed by atoms with van der Waals surface area (Å²) in [4.78, 5) is 26.3. The monoisotopic (exact) mass is 295 g/mol. The summed E-state index contributed by atoms with van der Waals surface area (Å²) in [6.45, 7) is 7.05. The van der Waals surface area contributed by atoms with Gasteiger partial charge in [-0.1, -0.05) is 6.92 Å². The van der Waals surface area contributed by atoms with Crippen LogP contribution in [0.2, 0.25) is 0 Å². The number of rotatable bonds is 4. The highest BCUT2D eigenvalue weighted by molar-refractivity contribution is 5.89. The second-order valence-corrected chi connectivity index (χ2v) is 7.57. The second kappa shape index (κ2) is 6.34. The molecule has 120 valence electrons. The van der Waals surface area contributed by atoms with Crippen LogP contribution in [0, 0.1) is 11.8 Å². The number of hydrogen-bond donors (Lipinski definition) is 2. The van der Waals surface area contributed by atoms with E-state index in [-0.39, 0.29) is 17.7 Å². The fourth-order valence-electron chi connectivity index (χ4n) is 3.27. The summed E-state index contributed by atoms with van der Waals surface area (Å²) in [5, 5.41) is 2.87.